The number of carbonyl (C=O) groups is 2. The van der Waals surface area contributed by atoms with Crippen LogP contribution in [0.4, 0.5) is 11.4 Å². The SMILES string of the molecule is Nc1ccc(O)c2c1C(=O)c1c(NCc3ccccc3)ccc(O)c1C2=O. The number of nitrogen functional groups attached to an aromatic ring is 1. The quantitative estimate of drug-likeness (QED) is 0.330. The molecule has 0 amide bonds. The molecular formula is C21H16N2O4. The summed E-state index contributed by atoms with van der Waals surface area (Å²) in [6.07, 6.45) is 0. The summed E-state index contributed by atoms with van der Waals surface area (Å²) < 4.78 is 0. The van der Waals surface area contributed by atoms with E-state index in [4.69, 9.17) is 5.73 Å². The zero-order chi connectivity index (χ0) is 19.1. The maximum Gasteiger partial charge on any atom is 0.202 e. The minimum absolute atomic E-state index is 0.0409. The second-order valence-electron chi connectivity index (χ2n) is 6.30. The Labute approximate surface area is 154 Å². The summed E-state index contributed by atoms with van der Waals surface area (Å²) in [6, 6.07) is 15.1. The largest absolute Gasteiger partial charge is 0.507 e. The molecule has 3 aromatic carbocycles. The van der Waals surface area contributed by atoms with Gasteiger partial charge < -0.3 is 21.3 Å². The summed E-state index contributed by atoms with van der Waals surface area (Å²) in [5.74, 6) is -1.81. The lowest BCUT2D eigenvalue weighted by atomic mass is 9.81. The number of fused-ring (bicyclic) bond motifs is 2. The van der Waals surface area contributed by atoms with E-state index in [9.17, 15) is 19.8 Å². The molecule has 0 saturated heterocycles. The number of rotatable bonds is 3. The zero-order valence-electron chi connectivity index (χ0n) is 14.2. The highest BCUT2D eigenvalue weighted by atomic mass is 16.3. The van der Waals surface area contributed by atoms with Crippen LogP contribution >= 0.6 is 0 Å². The second-order valence-corrected chi connectivity index (χ2v) is 6.30. The van der Waals surface area contributed by atoms with Gasteiger partial charge in [-0.3, -0.25) is 9.59 Å². The van der Waals surface area contributed by atoms with E-state index in [1.54, 1.807) is 6.07 Å². The summed E-state index contributed by atoms with van der Waals surface area (Å²) in [7, 11) is 0. The van der Waals surface area contributed by atoms with Gasteiger partial charge in [-0.1, -0.05) is 30.3 Å². The highest BCUT2D eigenvalue weighted by Gasteiger charge is 2.37. The molecule has 6 heteroatoms. The van der Waals surface area contributed by atoms with Crippen molar-refractivity contribution >= 4 is 22.9 Å². The van der Waals surface area contributed by atoms with Gasteiger partial charge in [0.05, 0.1) is 22.3 Å². The normalized spacial score (nSPS) is 12.4. The van der Waals surface area contributed by atoms with Crippen LogP contribution in [-0.2, 0) is 6.54 Å². The van der Waals surface area contributed by atoms with Crippen molar-refractivity contribution in [3.8, 4) is 11.5 Å². The van der Waals surface area contributed by atoms with E-state index in [0.29, 0.717) is 12.2 Å². The van der Waals surface area contributed by atoms with Gasteiger partial charge in [-0.2, -0.15) is 0 Å². The molecule has 27 heavy (non-hydrogen) atoms. The number of hydrogen-bond acceptors (Lipinski definition) is 6. The first kappa shape index (κ1) is 16.7. The van der Waals surface area contributed by atoms with Crippen LogP contribution in [0.15, 0.2) is 54.6 Å². The van der Waals surface area contributed by atoms with E-state index in [1.165, 1.54) is 18.2 Å². The molecule has 0 unspecified atom stereocenters. The number of carbonyl (C=O) groups excluding carboxylic acids is 2. The van der Waals surface area contributed by atoms with Crippen molar-refractivity contribution in [1.29, 1.82) is 0 Å². The van der Waals surface area contributed by atoms with Gasteiger partial charge in [-0.25, -0.2) is 0 Å². The second kappa shape index (κ2) is 6.17. The van der Waals surface area contributed by atoms with Crippen LogP contribution in [0.2, 0.25) is 0 Å². The van der Waals surface area contributed by atoms with E-state index < -0.39 is 11.6 Å². The minimum Gasteiger partial charge on any atom is -0.507 e. The molecule has 0 aromatic heterocycles. The average Bonchev–Trinajstić information content (AvgIpc) is 2.67. The van der Waals surface area contributed by atoms with E-state index in [-0.39, 0.29) is 39.4 Å². The van der Waals surface area contributed by atoms with Crippen LogP contribution in [0, 0.1) is 0 Å². The Morgan fingerprint density at radius 2 is 1.33 bits per heavy atom. The first-order valence-electron chi connectivity index (χ1n) is 8.33. The molecule has 4 rings (SSSR count). The Balaban J connectivity index is 1.84. The van der Waals surface area contributed by atoms with Crippen molar-refractivity contribution in [3.63, 3.8) is 0 Å². The summed E-state index contributed by atoms with van der Waals surface area (Å²) >= 11 is 0. The number of phenolic OH excluding ortho intramolecular Hbond substituents is 2. The Hall–Kier alpha value is -3.80. The van der Waals surface area contributed by atoms with E-state index in [0.717, 1.165) is 5.56 Å². The number of benzene rings is 3. The fourth-order valence-electron chi connectivity index (χ4n) is 3.33. The first-order chi connectivity index (χ1) is 13.0. The monoisotopic (exact) mass is 360 g/mol. The van der Waals surface area contributed by atoms with Gasteiger partial charge in [0, 0.05) is 17.9 Å². The summed E-state index contributed by atoms with van der Waals surface area (Å²) in [5.41, 5.74) is 7.12. The fourth-order valence-corrected chi connectivity index (χ4v) is 3.33. The summed E-state index contributed by atoms with van der Waals surface area (Å²) in [5, 5.41) is 23.5. The number of nitrogens with two attached hydrogens (primary N) is 1. The zero-order valence-corrected chi connectivity index (χ0v) is 14.2. The van der Waals surface area contributed by atoms with Gasteiger partial charge in [0.2, 0.25) is 5.78 Å². The molecule has 0 fully saturated rings. The Bertz CT molecular complexity index is 1090. The van der Waals surface area contributed by atoms with Gasteiger partial charge in [-0.15, -0.1) is 0 Å². The van der Waals surface area contributed by atoms with Crippen molar-refractivity contribution < 1.29 is 19.8 Å². The maximum atomic E-state index is 13.1. The number of ketones is 2. The lowest BCUT2D eigenvalue weighted by Gasteiger charge is -2.23. The molecule has 134 valence electrons. The van der Waals surface area contributed by atoms with Crippen LogP contribution in [0.1, 0.15) is 37.4 Å². The molecule has 0 heterocycles. The molecule has 0 bridgehead atoms. The maximum absolute atomic E-state index is 13.1. The molecule has 0 aliphatic heterocycles. The van der Waals surface area contributed by atoms with Gasteiger partial charge in [0.25, 0.3) is 0 Å². The van der Waals surface area contributed by atoms with Crippen LogP contribution in [0.3, 0.4) is 0 Å². The molecule has 3 aromatic rings. The lowest BCUT2D eigenvalue weighted by molar-refractivity contribution is 0.0975. The predicted molar refractivity (Wildman–Crippen MR) is 101 cm³/mol. The number of aromatic hydroxyl groups is 2. The molecule has 0 saturated carbocycles. The first-order valence-corrected chi connectivity index (χ1v) is 8.33. The van der Waals surface area contributed by atoms with Crippen LogP contribution < -0.4 is 11.1 Å². The number of nitrogens with one attached hydrogen (secondary N) is 1. The van der Waals surface area contributed by atoms with Crippen molar-refractivity contribution in [3.05, 3.63) is 82.4 Å². The summed E-state index contributed by atoms with van der Waals surface area (Å²) in [4.78, 5) is 26.0. The lowest BCUT2D eigenvalue weighted by Crippen LogP contribution is -2.24. The van der Waals surface area contributed by atoms with Crippen molar-refractivity contribution in [1.82, 2.24) is 0 Å². The van der Waals surface area contributed by atoms with Crippen molar-refractivity contribution in [2.45, 2.75) is 6.54 Å². The van der Waals surface area contributed by atoms with E-state index in [1.807, 2.05) is 30.3 Å². The topological polar surface area (TPSA) is 113 Å². The molecule has 5 N–H and O–H groups in total. The van der Waals surface area contributed by atoms with E-state index >= 15 is 0 Å². The number of anilines is 2. The molecule has 1 aliphatic carbocycles. The predicted octanol–water partition coefficient (Wildman–Crippen LogP) is 3.07. The Kier molecular flexibility index (Phi) is 3.81. The third-order valence-corrected chi connectivity index (χ3v) is 4.63. The molecule has 6 nitrogen and oxygen atoms in total. The van der Waals surface area contributed by atoms with Gasteiger partial charge >= 0.3 is 0 Å². The van der Waals surface area contributed by atoms with E-state index in [2.05, 4.69) is 5.32 Å². The Morgan fingerprint density at radius 1 is 0.741 bits per heavy atom. The molecule has 0 spiro atoms. The van der Waals surface area contributed by atoms with Crippen LogP contribution in [-0.4, -0.2) is 21.8 Å². The molecule has 1 aliphatic rings. The number of phenols is 2. The minimum atomic E-state index is -0.634. The van der Waals surface area contributed by atoms with Gasteiger partial charge in [0.15, 0.2) is 5.78 Å². The van der Waals surface area contributed by atoms with Crippen molar-refractivity contribution in [2.24, 2.45) is 0 Å². The standard InChI is InChI=1S/C21H16N2O4/c22-12-6-8-14(24)18-16(12)20(26)17-13(7-9-15(25)19(17)21(18)27)23-10-11-4-2-1-3-5-11/h1-9,23-25H,10,22H2. The average molecular weight is 360 g/mol. The van der Waals surface area contributed by atoms with Gasteiger partial charge in [0.1, 0.15) is 11.5 Å². The van der Waals surface area contributed by atoms with Crippen LogP contribution in [0.5, 0.6) is 11.5 Å². The third kappa shape index (κ3) is 2.58. The molecule has 0 radical (unpaired) electrons. The molecule has 0 atom stereocenters. The van der Waals surface area contributed by atoms with Crippen molar-refractivity contribution in [2.75, 3.05) is 11.1 Å². The highest BCUT2D eigenvalue weighted by Crippen LogP contribution is 2.41. The highest BCUT2D eigenvalue weighted by molar-refractivity contribution is 6.33. The smallest absolute Gasteiger partial charge is 0.202 e. The number of hydrogen-bond donors (Lipinski definition) is 4. The van der Waals surface area contributed by atoms with Gasteiger partial charge in [-0.05, 0) is 29.8 Å². The molecular weight excluding hydrogens is 344 g/mol. The Morgan fingerprint density at radius 3 is 2.04 bits per heavy atom. The summed E-state index contributed by atoms with van der Waals surface area (Å²) in [6.45, 7) is 0.432. The van der Waals surface area contributed by atoms with Crippen LogP contribution in [0.25, 0.3) is 0 Å². The third-order valence-electron chi connectivity index (χ3n) is 4.63. The fraction of sp³-hybridized carbons (Fsp3) is 0.0476.